The van der Waals surface area contributed by atoms with Crippen LogP contribution in [0.3, 0.4) is 0 Å². The SMILES string of the molecule is Cc1nn(C)c(Cl)c1CNc1cccc(NCC(F)(F)F)c1. The molecule has 120 valence electrons. The van der Waals surface area contributed by atoms with Crippen LogP contribution in [0.5, 0.6) is 0 Å². The Morgan fingerprint density at radius 2 is 1.86 bits per heavy atom. The van der Waals surface area contributed by atoms with Gasteiger partial charge in [0.2, 0.25) is 0 Å². The van der Waals surface area contributed by atoms with Crippen molar-refractivity contribution in [1.29, 1.82) is 0 Å². The second kappa shape index (κ2) is 6.48. The molecule has 0 saturated heterocycles. The van der Waals surface area contributed by atoms with Crippen molar-refractivity contribution >= 4 is 23.0 Å². The first kappa shape index (κ1) is 16.5. The van der Waals surface area contributed by atoms with E-state index in [1.807, 2.05) is 6.92 Å². The van der Waals surface area contributed by atoms with Gasteiger partial charge in [-0.3, -0.25) is 4.68 Å². The van der Waals surface area contributed by atoms with Crippen LogP contribution in [-0.4, -0.2) is 22.5 Å². The van der Waals surface area contributed by atoms with Crippen molar-refractivity contribution in [1.82, 2.24) is 9.78 Å². The Labute approximate surface area is 131 Å². The molecule has 0 aliphatic rings. The summed E-state index contributed by atoms with van der Waals surface area (Å²) in [6.45, 7) is 1.23. The molecule has 1 aromatic carbocycles. The number of nitrogens with zero attached hydrogens (tertiary/aromatic N) is 2. The molecule has 0 amide bonds. The summed E-state index contributed by atoms with van der Waals surface area (Å²) < 4.78 is 38.2. The van der Waals surface area contributed by atoms with Crippen LogP contribution >= 0.6 is 11.6 Å². The van der Waals surface area contributed by atoms with E-state index in [1.54, 1.807) is 36.0 Å². The normalized spacial score (nSPS) is 11.5. The van der Waals surface area contributed by atoms with Gasteiger partial charge in [-0.05, 0) is 25.1 Å². The van der Waals surface area contributed by atoms with E-state index in [0.29, 0.717) is 23.1 Å². The molecule has 0 radical (unpaired) electrons. The zero-order valence-corrected chi connectivity index (χ0v) is 12.9. The number of anilines is 2. The number of aromatic nitrogens is 2. The molecule has 0 fully saturated rings. The molecule has 8 heteroatoms. The Morgan fingerprint density at radius 3 is 2.41 bits per heavy atom. The fourth-order valence-corrected chi connectivity index (χ4v) is 2.25. The quantitative estimate of drug-likeness (QED) is 0.870. The van der Waals surface area contributed by atoms with E-state index < -0.39 is 12.7 Å². The van der Waals surface area contributed by atoms with Gasteiger partial charge in [0.05, 0.1) is 5.69 Å². The summed E-state index contributed by atoms with van der Waals surface area (Å²) in [6, 6.07) is 6.65. The standard InChI is InChI=1S/C14H16ClF3N4/c1-9-12(13(15)22(2)21-9)7-19-10-4-3-5-11(6-10)20-8-14(16,17)18/h3-6,19-20H,7-8H2,1-2H3. The van der Waals surface area contributed by atoms with Crippen LogP contribution in [0.25, 0.3) is 0 Å². The van der Waals surface area contributed by atoms with E-state index >= 15 is 0 Å². The molecule has 4 nitrogen and oxygen atoms in total. The van der Waals surface area contributed by atoms with Crippen LogP contribution in [0.1, 0.15) is 11.3 Å². The molecular weight excluding hydrogens is 317 g/mol. The lowest BCUT2D eigenvalue weighted by Crippen LogP contribution is -2.21. The van der Waals surface area contributed by atoms with Crippen molar-refractivity contribution in [3.8, 4) is 0 Å². The Kier molecular flexibility index (Phi) is 4.85. The lowest BCUT2D eigenvalue weighted by atomic mass is 10.2. The lowest BCUT2D eigenvalue weighted by molar-refractivity contribution is -0.115. The van der Waals surface area contributed by atoms with Crippen LogP contribution in [0.2, 0.25) is 5.15 Å². The second-order valence-electron chi connectivity index (χ2n) is 4.88. The number of hydrogen-bond donors (Lipinski definition) is 2. The molecule has 0 saturated carbocycles. The summed E-state index contributed by atoms with van der Waals surface area (Å²) in [5, 5.41) is 10.2. The number of hydrogen-bond acceptors (Lipinski definition) is 3. The van der Waals surface area contributed by atoms with Crippen LogP contribution in [-0.2, 0) is 13.6 Å². The third-order valence-corrected chi connectivity index (χ3v) is 3.57. The number of rotatable bonds is 5. The van der Waals surface area contributed by atoms with Crippen LogP contribution in [0.4, 0.5) is 24.5 Å². The third kappa shape index (κ3) is 4.30. The zero-order valence-electron chi connectivity index (χ0n) is 12.1. The van der Waals surface area contributed by atoms with Crippen LogP contribution < -0.4 is 10.6 Å². The van der Waals surface area contributed by atoms with E-state index in [0.717, 1.165) is 11.3 Å². The molecule has 0 bridgehead atoms. The van der Waals surface area contributed by atoms with Gasteiger partial charge in [0, 0.05) is 30.5 Å². The van der Waals surface area contributed by atoms with Crippen LogP contribution in [0, 0.1) is 6.92 Å². The highest BCUT2D eigenvalue weighted by Crippen LogP contribution is 2.22. The highest BCUT2D eigenvalue weighted by molar-refractivity contribution is 6.30. The topological polar surface area (TPSA) is 41.9 Å². The summed E-state index contributed by atoms with van der Waals surface area (Å²) >= 11 is 6.13. The Morgan fingerprint density at radius 1 is 1.23 bits per heavy atom. The molecule has 0 unspecified atom stereocenters. The van der Waals surface area contributed by atoms with E-state index in [2.05, 4.69) is 15.7 Å². The summed E-state index contributed by atoms with van der Waals surface area (Å²) in [5.74, 6) is 0. The molecule has 1 heterocycles. The second-order valence-corrected chi connectivity index (χ2v) is 5.24. The number of aryl methyl sites for hydroxylation is 2. The van der Waals surface area contributed by atoms with E-state index in [9.17, 15) is 13.2 Å². The smallest absolute Gasteiger partial charge is 0.381 e. The molecule has 22 heavy (non-hydrogen) atoms. The third-order valence-electron chi connectivity index (χ3n) is 3.09. The summed E-state index contributed by atoms with van der Waals surface area (Å²) in [7, 11) is 1.75. The van der Waals surface area contributed by atoms with Crippen molar-refractivity contribution in [2.45, 2.75) is 19.6 Å². The molecule has 2 rings (SSSR count). The summed E-state index contributed by atoms with van der Waals surface area (Å²) in [6.07, 6.45) is -4.25. The first-order valence-electron chi connectivity index (χ1n) is 6.59. The average Bonchev–Trinajstić information content (AvgIpc) is 2.68. The molecule has 0 aliphatic carbocycles. The highest BCUT2D eigenvalue weighted by Gasteiger charge is 2.26. The monoisotopic (exact) mass is 332 g/mol. The predicted molar refractivity (Wildman–Crippen MR) is 81.3 cm³/mol. The zero-order chi connectivity index (χ0) is 16.3. The van der Waals surface area contributed by atoms with Gasteiger partial charge in [-0.2, -0.15) is 18.3 Å². The Balaban J connectivity index is 2.01. The number of nitrogens with one attached hydrogen (secondary N) is 2. The van der Waals surface area contributed by atoms with Crippen molar-refractivity contribution in [3.63, 3.8) is 0 Å². The number of alkyl halides is 3. The number of halogens is 4. The first-order valence-corrected chi connectivity index (χ1v) is 6.96. The van der Waals surface area contributed by atoms with Crippen molar-refractivity contribution in [2.24, 2.45) is 7.05 Å². The lowest BCUT2D eigenvalue weighted by Gasteiger charge is -2.12. The predicted octanol–water partition coefficient (Wildman–Crippen LogP) is 3.97. The van der Waals surface area contributed by atoms with Gasteiger partial charge in [-0.1, -0.05) is 17.7 Å². The van der Waals surface area contributed by atoms with Crippen molar-refractivity contribution < 1.29 is 13.2 Å². The maximum absolute atomic E-state index is 12.2. The maximum Gasteiger partial charge on any atom is 0.405 e. The number of benzene rings is 1. The van der Waals surface area contributed by atoms with Gasteiger partial charge in [0.25, 0.3) is 0 Å². The largest absolute Gasteiger partial charge is 0.405 e. The van der Waals surface area contributed by atoms with Crippen molar-refractivity contribution in [2.75, 3.05) is 17.2 Å². The molecule has 0 spiro atoms. The van der Waals surface area contributed by atoms with E-state index in [4.69, 9.17) is 11.6 Å². The van der Waals surface area contributed by atoms with Gasteiger partial charge in [0.15, 0.2) is 0 Å². The van der Waals surface area contributed by atoms with Gasteiger partial charge < -0.3 is 10.6 Å². The van der Waals surface area contributed by atoms with Gasteiger partial charge in [0.1, 0.15) is 11.7 Å². The molecular formula is C14H16ClF3N4. The molecule has 1 aromatic heterocycles. The molecule has 0 atom stereocenters. The molecule has 0 aliphatic heterocycles. The molecule has 2 aromatic rings. The summed E-state index contributed by atoms with van der Waals surface area (Å²) in [5.41, 5.74) is 2.77. The van der Waals surface area contributed by atoms with E-state index in [-0.39, 0.29) is 0 Å². The fourth-order valence-electron chi connectivity index (χ4n) is 2.01. The minimum absolute atomic E-state index is 0.399. The van der Waals surface area contributed by atoms with Gasteiger partial charge >= 0.3 is 6.18 Å². The Hall–Kier alpha value is -1.89. The Bertz CT molecular complexity index is 652. The van der Waals surface area contributed by atoms with Crippen LogP contribution in [0.15, 0.2) is 24.3 Å². The van der Waals surface area contributed by atoms with Gasteiger partial charge in [-0.25, -0.2) is 0 Å². The average molecular weight is 333 g/mol. The fraction of sp³-hybridized carbons (Fsp3) is 0.357. The first-order chi connectivity index (χ1) is 10.3. The van der Waals surface area contributed by atoms with E-state index in [1.165, 1.54) is 0 Å². The van der Waals surface area contributed by atoms with Crippen molar-refractivity contribution in [3.05, 3.63) is 40.7 Å². The summed E-state index contributed by atoms with van der Waals surface area (Å²) in [4.78, 5) is 0. The highest BCUT2D eigenvalue weighted by atomic mass is 35.5. The molecule has 2 N–H and O–H groups in total. The maximum atomic E-state index is 12.2. The minimum Gasteiger partial charge on any atom is -0.381 e. The minimum atomic E-state index is -4.25. The van der Waals surface area contributed by atoms with Gasteiger partial charge in [-0.15, -0.1) is 0 Å².